The van der Waals surface area contributed by atoms with Crippen LogP contribution in [0.4, 0.5) is 5.82 Å². The number of hydrogen-bond donors (Lipinski definition) is 2. The molecule has 1 aromatic rings. The highest BCUT2D eigenvalue weighted by Gasteiger charge is 2.10. The molecule has 13 heavy (non-hydrogen) atoms. The number of nitrogen functional groups attached to an aromatic ring is 1. The van der Waals surface area contributed by atoms with Crippen LogP contribution in [0.5, 0.6) is 0 Å². The van der Waals surface area contributed by atoms with Gasteiger partial charge >= 0.3 is 0 Å². The van der Waals surface area contributed by atoms with Gasteiger partial charge < -0.3 is 11.5 Å². The van der Waals surface area contributed by atoms with Crippen LogP contribution in [0.2, 0.25) is 0 Å². The summed E-state index contributed by atoms with van der Waals surface area (Å²) in [6, 6.07) is 4.02. The SMILES string of the molecule is CC(C)C(N)Cc1cccnc1N. The number of aromatic nitrogens is 1. The van der Waals surface area contributed by atoms with Crippen molar-refractivity contribution in [2.45, 2.75) is 26.3 Å². The van der Waals surface area contributed by atoms with Gasteiger partial charge in [-0.3, -0.25) is 0 Å². The summed E-state index contributed by atoms with van der Waals surface area (Å²) in [4.78, 5) is 4.01. The quantitative estimate of drug-likeness (QED) is 0.732. The van der Waals surface area contributed by atoms with E-state index in [-0.39, 0.29) is 6.04 Å². The predicted octanol–water partition coefficient (Wildman–Crippen LogP) is 1.19. The third-order valence-corrected chi connectivity index (χ3v) is 2.24. The zero-order valence-corrected chi connectivity index (χ0v) is 8.20. The maximum Gasteiger partial charge on any atom is 0.126 e. The van der Waals surface area contributed by atoms with Crippen LogP contribution in [0.1, 0.15) is 19.4 Å². The molecule has 0 radical (unpaired) electrons. The fourth-order valence-electron chi connectivity index (χ4n) is 1.11. The van der Waals surface area contributed by atoms with Gasteiger partial charge in [0.25, 0.3) is 0 Å². The highest BCUT2D eigenvalue weighted by Crippen LogP contribution is 2.12. The number of pyridine rings is 1. The smallest absolute Gasteiger partial charge is 0.126 e. The monoisotopic (exact) mass is 179 g/mol. The van der Waals surface area contributed by atoms with Crippen LogP contribution in [0.15, 0.2) is 18.3 Å². The Balaban J connectivity index is 2.69. The molecule has 0 saturated heterocycles. The first kappa shape index (κ1) is 9.99. The van der Waals surface area contributed by atoms with E-state index in [4.69, 9.17) is 11.5 Å². The van der Waals surface area contributed by atoms with Gasteiger partial charge in [-0.25, -0.2) is 4.98 Å². The molecule has 0 aliphatic heterocycles. The molecular formula is C10H17N3. The predicted molar refractivity (Wildman–Crippen MR) is 55.2 cm³/mol. The first-order valence-corrected chi connectivity index (χ1v) is 4.56. The average Bonchev–Trinajstić information content (AvgIpc) is 2.08. The van der Waals surface area contributed by atoms with Crippen molar-refractivity contribution in [3.8, 4) is 0 Å². The van der Waals surface area contributed by atoms with Gasteiger partial charge in [0.15, 0.2) is 0 Å². The summed E-state index contributed by atoms with van der Waals surface area (Å²) in [5.74, 6) is 1.07. The van der Waals surface area contributed by atoms with E-state index in [0.717, 1.165) is 12.0 Å². The van der Waals surface area contributed by atoms with Crippen LogP contribution in [0, 0.1) is 5.92 Å². The highest BCUT2D eigenvalue weighted by molar-refractivity contribution is 5.38. The Morgan fingerprint density at radius 1 is 1.46 bits per heavy atom. The van der Waals surface area contributed by atoms with E-state index in [1.165, 1.54) is 0 Å². The van der Waals surface area contributed by atoms with Crippen molar-refractivity contribution in [2.75, 3.05) is 5.73 Å². The second kappa shape index (κ2) is 4.23. The summed E-state index contributed by atoms with van der Waals surface area (Å²) < 4.78 is 0. The van der Waals surface area contributed by atoms with Gasteiger partial charge in [-0.15, -0.1) is 0 Å². The Hall–Kier alpha value is -1.09. The Morgan fingerprint density at radius 3 is 2.69 bits per heavy atom. The molecule has 0 bridgehead atoms. The molecule has 1 unspecified atom stereocenters. The Kier molecular flexibility index (Phi) is 3.25. The second-order valence-corrected chi connectivity index (χ2v) is 3.66. The molecule has 0 aliphatic carbocycles. The molecule has 1 rings (SSSR count). The molecule has 0 aromatic carbocycles. The molecule has 1 aromatic heterocycles. The number of nitrogens with two attached hydrogens (primary N) is 2. The third kappa shape index (κ3) is 2.70. The van der Waals surface area contributed by atoms with Gasteiger partial charge in [-0.05, 0) is 24.0 Å². The summed E-state index contributed by atoms with van der Waals surface area (Å²) in [5.41, 5.74) is 12.7. The van der Waals surface area contributed by atoms with Crippen LogP contribution in [0.3, 0.4) is 0 Å². The third-order valence-electron chi connectivity index (χ3n) is 2.24. The number of nitrogens with zero attached hydrogens (tertiary/aromatic N) is 1. The molecule has 0 aliphatic rings. The second-order valence-electron chi connectivity index (χ2n) is 3.66. The summed E-state index contributed by atoms with van der Waals surface area (Å²) in [7, 11) is 0. The molecule has 0 saturated carbocycles. The fraction of sp³-hybridized carbons (Fsp3) is 0.500. The van der Waals surface area contributed by atoms with E-state index in [2.05, 4.69) is 18.8 Å². The topological polar surface area (TPSA) is 64.9 Å². The summed E-state index contributed by atoms with van der Waals surface area (Å²) in [6.45, 7) is 4.22. The molecule has 1 heterocycles. The molecule has 0 amide bonds. The molecule has 1 atom stereocenters. The molecule has 0 spiro atoms. The van der Waals surface area contributed by atoms with Crippen LogP contribution in [-0.4, -0.2) is 11.0 Å². The van der Waals surface area contributed by atoms with Crippen molar-refractivity contribution in [2.24, 2.45) is 11.7 Å². The minimum absolute atomic E-state index is 0.159. The number of rotatable bonds is 3. The standard InChI is InChI=1S/C10H17N3/c1-7(2)9(11)6-8-4-3-5-13-10(8)12/h3-5,7,9H,6,11H2,1-2H3,(H2,12,13). The van der Waals surface area contributed by atoms with E-state index < -0.39 is 0 Å². The Labute approximate surface area is 79.2 Å². The highest BCUT2D eigenvalue weighted by atomic mass is 14.8. The minimum Gasteiger partial charge on any atom is -0.383 e. The molecule has 72 valence electrons. The van der Waals surface area contributed by atoms with Gasteiger partial charge in [0.1, 0.15) is 5.82 Å². The zero-order valence-electron chi connectivity index (χ0n) is 8.20. The van der Waals surface area contributed by atoms with E-state index in [1.807, 2.05) is 12.1 Å². The van der Waals surface area contributed by atoms with Crippen LogP contribution >= 0.6 is 0 Å². The van der Waals surface area contributed by atoms with E-state index in [0.29, 0.717) is 11.7 Å². The Bertz CT molecular complexity index is 271. The largest absolute Gasteiger partial charge is 0.383 e. The minimum atomic E-state index is 0.159. The van der Waals surface area contributed by atoms with Crippen molar-refractivity contribution < 1.29 is 0 Å². The van der Waals surface area contributed by atoms with Crippen molar-refractivity contribution in [3.05, 3.63) is 23.9 Å². The van der Waals surface area contributed by atoms with Gasteiger partial charge in [-0.1, -0.05) is 19.9 Å². The lowest BCUT2D eigenvalue weighted by atomic mass is 9.98. The lowest BCUT2D eigenvalue weighted by molar-refractivity contribution is 0.491. The summed E-state index contributed by atoms with van der Waals surface area (Å²) in [6.07, 6.45) is 2.50. The number of hydrogen-bond acceptors (Lipinski definition) is 3. The van der Waals surface area contributed by atoms with Gasteiger partial charge in [-0.2, -0.15) is 0 Å². The molecule has 4 N–H and O–H groups in total. The van der Waals surface area contributed by atoms with E-state index >= 15 is 0 Å². The number of anilines is 1. The molecular weight excluding hydrogens is 162 g/mol. The fourth-order valence-corrected chi connectivity index (χ4v) is 1.11. The lowest BCUT2D eigenvalue weighted by Crippen LogP contribution is -2.29. The van der Waals surface area contributed by atoms with Crippen molar-refractivity contribution in [3.63, 3.8) is 0 Å². The zero-order chi connectivity index (χ0) is 9.84. The Morgan fingerprint density at radius 2 is 2.15 bits per heavy atom. The summed E-state index contributed by atoms with van der Waals surface area (Å²) >= 11 is 0. The molecule has 0 fully saturated rings. The van der Waals surface area contributed by atoms with Crippen molar-refractivity contribution in [1.82, 2.24) is 4.98 Å². The first-order valence-electron chi connectivity index (χ1n) is 4.56. The first-order chi connectivity index (χ1) is 6.11. The molecule has 3 heteroatoms. The van der Waals surface area contributed by atoms with Gasteiger partial charge in [0, 0.05) is 12.2 Å². The average molecular weight is 179 g/mol. The van der Waals surface area contributed by atoms with Gasteiger partial charge in [0.05, 0.1) is 0 Å². The van der Waals surface area contributed by atoms with Crippen molar-refractivity contribution >= 4 is 5.82 Å². The van der Waals surface area contributed by atoms with E-state index in [9.17, 15) is 0 Å². The van der Waals surface area contributed by atoms with Crippen molar-refractivity contribution in [1.29, 1.82) is 0 Å². The van der Waals surface area contributed by atoms with Gasteiger partial charge in [0.2, 0.25) is 0 Å². The molecule has 3 nitrogen and oxygen atoms in total. The summed E-state index contributed by atoms with van der Waals surface area (Å²) in [5, 5.41) is 0. The normalized spacial score (nSPS) is 13.2. The maximum absolute atomic E-state index is 5.93. The maximum atomic E-state index is 5.93. The van der Waals surface area contributed by atoms with Crippen LogP contribution in [-0.2, 0) is 6.42 Å². The van der Waals surface area contributed by atoms with Crippen LogP contribution in [0.25, 0.3) is 0 Å². The lowest BCUT2D eigenvalue weighted by Gasteiger charge is -2.15. The van der Waals surface area contributed by atoms with Crippen LogP contribution < -0.4 is 11.5 Å². The van der Waals surface area contributed by atoms with E-state index in [1.54, 1.807) is 6.20 Å².